The molecule has 0 aromatic heterocycles. The highest BCUT2D eigenvalue weighted by Gasteiger charge is 2.36. The van der Waals surface area contributed by atoms with Crippen LogP contribution < -0.4 is 0 Å². The molecule has 0 aromatic rings. The van der Waals surface area contributed by atoms with Gasteiger partial charge >= 0.3 is 0 Å². The van der Waals surface area contributed by atoms with Gasteiger partial charge in [-0.25, -0.2) is 0 Å². The molecule has 3 aliphatic carbocycles. The van der Waals surface area contributed by atoms with Gasteiger partial charge in [0.1, 0.15) is 0 Å². The number of fused-ring (bicyclic) bond motifs is 1. The van der Waals surface area contributed by atoms with Crippen LogP contribution in [0.25, 0.3) is 0 Å². The summed E-state index contributed by atoms with van der Waals surface area (Å²) in [4.78, 5) is 0. The van der Waals surface area contributed by atoms with E-state index in [1.165, 1.54) is 12.8 Å². The van der Waals surface area contributed by atoms with Crippen LogP contribution in [0.1, 0.15) is 89.9 Å². The highest BCUT2D eigenvalue weighted by atomic mass is 14.4. The van der Waals surface area contributed by atoms with Gasteiger partial charge in [-0.05, 0) is 36.5 Å². The van der Waals surface area contributed by atoms with Gasteiger partial charge in [-0.2, -0.15) is 0 Å². The monoisotopic (exact) mass is 248 g/mol. The second kappa shape index (κ2) is 6.44. The normalized spacial score (nSPS) is 39.7. The van der Waals surface area contributed by atoms with Crippen molar-refractivity contribution < 1.29 is 0 Å². The minimum atomic E-state index is 1.13. The van der Waals surface area contributed by atoms with Gasteiger partial charge in [-0.3, -0.25) is 0 Å². The SMILES string of the molecule is C1CCC(C2CCCCCC3CCCCC32)CC1. The third-order valence-corrected chi connectivity index (χ3v) is 6.39. The summed E-state index contributed by atoms with van der Waals surface area (Å²) in [7, 11) is 0. The number of hydrogen-bond donors (Lipinski definition) is 0. The highest BCUT2D eigenvalue weighted by molar-refractivity contribution is 4.87. The molecule has 0 bridgehead atoms. The quantitative estimate of drug-likeness (QED) is 0.537. The van der Waals surface area contributed by atoms with Gasteiger partial charge in [-0.15, -0.1) is 0 Å². The van der Waals surface area contributed by atoms with Crippen molar-refractivity contribution in [2.24, 2.45) is 23.7 Å². The fraction of sp³-hybridized carbons (Fsp3) is 1.00. The van der Waals surface area contributed by atoms with Crippen LogP contribution in [-0.2, 0) is 0 Å². The van der Waals surface area contributed by atoms with Crippen molar-refractivity contribution in [1.82, 2.24) is 0 Å². The Morgan fingerprint density at radius 2 is 0.667 bits per heavy atom. The Labute approximate surface area is 114 Å². The lowest BCUT2D eigenvalue weighted by Crippen LogP contribution is -2.33. The topological polar surface area (TPSA) is 0 Å². The Kier molecular flexibility index (Phi) is 4.65. The smallest absolute Gasteiger partial charge is 0.0355 e. The molecular weight excluding hydrogens is 216 g/mol. The van der Waals surface area contributed by atoms with E-state index in [-0.39, 0.29) is 0 Å². The van der Waals surface area contributed by atoms with Crippen molar-refractivity contribution in [2.75, 3.05) is 0 Å². The van der Waals surface area contributed by atoms with Crippen LogP contribution in [0.2, 0.25) is 0 Å². The maximum atomic E-state index is 1.59. The van der Waals surface area contributed by atoms with Crippen LogP contribution in [0.15, 0.2) is 0 Å². The fourth-order valence-corrected chi connectivity index (χ4v) is 5.48. The average molecular weight is 248 g/mol. The molecule has 3 saturated carbocycles. The molecule has 0 aliphatic heterocycles. The van der Waals surface area contributed by atoms with Crippen LogP contribution in [0.3, 0.4) is 0 Å². The van der Waals surface area contributed by atoms with Crippen molar-refractivity contribution in [3.8, 4) is 0 Å². The molecule has 3 rings (SSSR count). The van der Waals surface area contributed by atoms with Crippen molar-refractivity contribution in [3.63, 3.8) is 0 Å². The molecule has 3 atom stereocenters. The zero-order valence-electron chi connectivity index (χ0n) is 12.2. The largest absolute Gasteiger partial charge is 0.0533 e. The molecule has 3 aliphatic rings. The Hall–Kier alpha value is 0. The van der Waals surface area contributed by atoms with E-state index in [1.807, 2.05) is 0 Å². The van der Waals surface area contributed by atoms with E-state index in [2.05, 4.69) is 0 Å². The second-order valence-electron chi connectivity index (χ2n) is 7.41. The van der Waals surface area contributed by atoms with E-state index in [1.54, 1.807) is 77.0 Å². The summed E-state index contributed by atoms with van der Waals surface area (Å²) >= 11 is 0. The lowest BCUT2D eigenvalue weighted by atomic mass is 9.62. The van der Waals surface area contributed by atoms with E-state index in [0.29, 0.717) is 0 Å². The molecule has 3 fully saturated rings. The van der Waals surface area contributed by atoms with Gasteiger partial charge in [0, 0.05) is 0 Å². The Morgan fingerprint density at radius 1 is 0.333 bits per heavy atom. The average Bonchev–Trinajstić information content (AvgIpc) is 2.41. The van der Waals surface area contributed by atoms with Crippen LogP contribution in [-0.4, -0.2) is 0 Å². The second-order valence-corrected chi connectivity index (χ2v) is 7.41. The Balaban J connectivity index is 1.70. The van der Waals surface area contributed by atoms with Gasteiger partial charge in [0.15, 0.2) is 0 Å². The maximum Gasteiger partial charge on any atom is -0.0355 e. The van der Waals surface area contributed by atoms with Crippen molar-refractivity contribution in [1.29, 1.82) is 0 Å². The minimum absolute atomic E-state index is 1.13. The molecule has 0 amide bonds. The first-order chi connectivity index (χ1) is 8.95. The molecule has 0 heterocycles. The fourth-order valence-electron chi connectivity index (χ4n) is 5.48. The van der Waals surface area contributed by atoms with Gasteiger partial charge < -0.3 is 0 Å². The van der Waals surface area contributed by atoms with E-state index in [4.69, 9.17) is 0 Å². The standard InChI is InChI=1S/C18H32/c1-3-9-15(10-4-1)17-13-6-2-5-11-16-12-7-8-14-18(16)17/h15-18H,1-14H2. The first kappa shape index (κ1) is 13.0. The summed E-state index contributed by atoms with van der Waals surface area (Å²) in [6.45, 7) is 0. The molecule has 0 heteroatoms. The van der Waals surface area contributed by atoms with Crippen molar-refractivity contribution in [3.05, 3.63) is 0 Å². The molecule has 0 saturated heterocycles. The van der Waals surface area contributed by atoms with Crippen LogP contribution in [0, 0.1) is 23.7 Å². The van der Waals surface area contributed by atoms with Crippen molar-refractivity contribution >= 4 is 0 Å². The summed E-state index contributed by atoms with van der Waals surface area (Å²) < 4.78 is 0. The molecular formula is C18H32. The third-order valence-electron chi connectivity index (χ3n) is 6.39. The minimum Gasteiger partial charge on any atom is -0.0533 e. The number of rotatable bonds is 1. The van der Waals surface area contributed by atoms with Crippen LogP contribution in [0.5, 0.6) is 0 Å². The highest BCUT2D eigenvalue weighted by Crippen LogP contribution is 2.47. The van der Waals surface area contributed by atoms with E-state index in [9.17, 15) is 0 Å². The molecule has 104 valence electrons. The van der Waals surface area contributed by atoms with Crippen LogP contribution >= 0.6 is 0 Å². The lowest BCUT2D eigenvalue weighted by Gasteiger charge is -2.43. The van der Waals surface area contributed by atoms with Gasteiger partial charge in [0.25, 0.3) is 0 Å². The first-order valence-corrected chi connectivity index (χ1v) is 8.95. The maximum absolute atomic E-state index is 1.59. The van der Waals surface area contributed by atoms with E-state index in [0.717, 1.165) is 23.7 Å². The van der Waals surface area contributed by atoms with Gasteiger partial charge in [-0.1, -0.05) is 77.0 Å². The molecule has 18 heavy (non-hydrogen) atoms. The zero-order valence-corrected chi connectivity index (χ0v) is 12.2. The van der Waals surface area contributed by atoms with Crippen LogP contribution in [0.4, 0.5) is 0 Å². The summed E-state index contributed by atoms with van der Waals surface area (Å²) in [6.07, 6.45) is 21.8. The molecule has 0 nitrogen and oxygen atoms in total. The summed E-state index contributed by atoms with van der Waals surface area (Å²) in [6, 6.07) is 0. The summed E-state index contributed by atoms with van der Waals surface area (Å²) in [5.74, 6) is 4.53. The molecule has 0 radical (unpaired) electrons. The Morgan fingerprint density at radius 3 is 1.17 bits per heavy atom. The van der Waals surface area contributed by atoms with Crippen molar-refractivity contribution in [2.45, 2.75) is 89.9 Å². The molecule has 0 aromatic carbocycles. The van der Waals surface area contributed by atoms with E-state index >= 15 is 0 Å². The molecule has 3 unspecified atom stereocenters. The summed E-state index contributed by atoms with van der Waals surface area (Å²) in [5, 5.41) is 0. The van der Waals surface area contributed by atoms with Gasteiger partial charge in [0.05, 0.1) is 0 Å². The molecule has 0 spiro atoms. The third kappa shape index (κ3) is 2.94. The predicted octanol–water partition coefficient (Wildman–Crippen LogP) is 5.95. The van der Waals surface area contributed by atoms with E-state index < -0.39 is 0 Å². The Bertz CT molecular complexity index is 238. The summed E-state index contributed by atoms with van der Waals surface area (Å²) in [5.41, 5.74) is 0. The predicted molar refractivity (Wildman–Crippen MR) is 78.6 cm³/mol. The zero-order chi connectivity index (χ0) is 12.2. The first-order valence-electron chi connectivity index (χ1n) is 8.95. The molecule has 0 N–H and O–H groups in total. The lowest BCUT2D eigenvalue weighted by molar-refractivity contribution is 0.0707. The van der Waals surface area contributed by atoms with Gasteiger partial charge in [0.2, 0.25) is 0 Å². The number of hydrogen-bond acceptors (Lipinski definition) is 0.